The molecular formula is C13H15Cl2N3O2S. The highest BCUT2D eigenvalue weighted by molar-refractivity contribution is 7.92. The second kappa shape index (κ2) is 6.44. The Hall–Kier alpha value is -0.950. The van der Waals surface area contributed by atoms with E-state index in [0.29, 0.717) is 24.0 Å². The number of hydrogen-bond donors (Lipinski definition) is 1. The summed E-state index contributed by atoms with van der Waals surface area (Å²) in [5, 5.41) is 2.46. The maximum absolute atomic E-state index is 12.6. The molecule has 0 saturated carbocycles. The minimum absolute atomic E-state index is 0. The average Bonchev–Trinajstić information content (AvgIpc) is 2.47. The summed E-state index contributed by atoms with van der Waals surface area (Å²) >= 11 is 6.03. The van der Waals surface area contributed by atoms with Crippen molar-refractivity contribution in [1.29, 1.82) is 0 Å². The van der Waals surface area contributed by atoms with E-state index in [1.54, 1.807) is 18.2 Å². The third-order valence-corrected chi connectivity index (χ3v) is 5.94. The molecule has 0 bridgehead atoms. The molecule has 2 heterocycles. The number of aromatic nitrogens is 2. The lowest BCUT2D eigenvalue weighted by molar-refractivity contribution is 0.495. The minimum atomic E-state index is -3.55. The van der Waals surface area contributed by atoms with Crippen molar-refractivity contribution in [3.8, 4) is 0 Å². The number of halogens is 2. The second-order valence-corrected chi connectivity index (χ2v) is 7.32. The predicted octanol–water partition coefficient (Wildman–Crippen LogP) is 2.23. The van der Waals surface area contributed by atoms with Crippen LogP contribution in [-0.4, -0.2) is 36.7 Å². The van der Waals surface area contributed by atoms with Gasteiger partial charge in [-0.2, -0.15) is 0 Å². The molecule has 114 valence electrons. The molecule has 1 saturated heterocycles. The third-order valence-electron chi connectivity index (χ3n) is 3.46. The molecule has 1 atom stereocenters. The minimum Gasteiger partial charge on any atom is -0.315 e. The zero-order chi connectivity index (χ0) is 14.2. The van der Waals surface area contributed by atoms with Crippen LogP contribution in [0.3, 0.4) is 0 Å². The van der Waals surface area contributed by atoms with Crippen LogP contribution in [-0.2, 0) is 9.84 Å². The van der Waals surface area contributed by atoms with Crippen molar-refractivity contribution in [3.63, 3.8) is 0 Å². The van der Waals surface area contributed by atoms with E-state index in [1.165, 1.54) is 0 Å². The van der Waals surface area contributed by atoms with Gasteiger partial charge < -0.3 is 5.32 Å². The summed E-state index contributed by atoms with van der Waals surface area (Å²) in [5.41, 5.74) is 1.14. The van der Waals surface area contributed by atoms with Gasteiger partial charge in [-0.15, -0.1) is 12.4 Å². The zero-order valence-corrected chi connectivity index (χ0v) is 13.5. The Kier molecular flexibility index (Phi) is 5.03. The van der Waals surface area contributed by atoms with Crippen LogP contribution >= 0.6 is 24.0 Å². The summed E-state index contributed by atoms with van der Waals surface area (Å²) in [6.45, 7) is 1.29. The molecule has 1 aromatic heterocycles. The number of fused-ring (bicyclic) bond motifs is 1. The number of rotatable bonds is 2. The summed E-state index contributed by atoms with van der Waals surface area (Å²) < 4.78 is 25.2. The first-order valence-corrected chi connectivity index (χ1v) is 8.38. The van der Waals surface area contributed by atoms with E-state index in [4.69, 9.17) is 11.6 Å². The quantitative estimate of drug-likeness (QED) is 0.901. The largest absolute Gasteiger partial charge is 0.315 e. The smallest absolute Gasteiger partial charge is 0.202 e. The van der Waals surface area contributed by atoms with Gasteiger partial charge in [0.05, 0.1) is 16.3 Å². The molecule has 1 aromatic carbocycles. The van der Waals surface area contributed by atoms with E-state index in [-0.39, 0.29) is 22.6 Å². The summed E-state index contributed by atoms with van der Waals surface area (Å²) in [6.07, 6.45) is 1.46. The molecule has 0 radical (unpaired) electrons. The molecule has 21 heavy (non-hydrogen) atoms. The molecule has 1 aliphatic rings. The fraction of sp³-hybridized carbons (Fsp3) is 0.385. The van der Waals surface area contributed by atoms with Crippen LogP contribution in [0.5, 0.6) is 0 Å². The summed E-state index contributed by atoms with van der Waals surface area (Å²) in [4.78, 5) is 8.35. The lowest BCUT2D eigenvalue weighted by atomic mass is 10.2. The molecule has 0 spiro atoms. The molecule has 2 aromatic rings. The Morgan fingerprint density at radius 2 is 1.86 bits per heavy atom. The molecule has 5 nitrogen and oxygen atoms in total. The second-order valence-electron chi connectivity index (χ2n) is 4.82. The molecule has 1 unspecified atom stereocenters. The first-order valence-electron chi connectivity index (χ1n) is 6.46. The topological polar surface area (TPSA) is 72.0 Å². The van der Waals surface area contributed by atoms with Crippen molar-refractivity contribution in [2.75, 3.05) is 13.1 Å². The number of nitrogens with one attached hydrogen (secondary N) is 1. The standard InChI is InChI=1S/C13H14ClN3O2S.ClH/c14-12-13(17-11-6-2-1-5-10(11)16-12)20(18,19)9-4-3-7-15-8-9;/h1-2,5-6,9,15H,3-4,7-8H2;1H. The van der Waals surface area contributed by atoms with Crippen LogP contribution in [0.2, 0.25) is 5.15 Å². The number of hydrogen-bond acceptors (Lipinski definition) is 5. The van der Waals surface area contributed by atoms with Crippen molar-refractivity contribution in [3.05, 3.63) is 29.4 Å². The van der Waals surface area contributed by atoms with Crippen molar-refractivity contribution in [2.45, 2.75) is 23.1 Å². The maximum Gasteiger partial charge on any atom is 0.202 e. The van der Waals surface area contributed by atoms with Gasteiger partial charge >= 0.3 is 0 Å². The van der Waals surface area contributed by atoms with Crippen LogP contribution in [0.1, 0.15) is 12.8 Å². The van der Waals surface area contributed by atoms with Gasteiger partial charge in [0.1, 0.15) is 0 Å². The number of benzene rings is 1. The fourth-order valence-electron chi connectivity index (χ4n) is 2.39. The summed E-state index contributed by atoms with van der Waals surface area (Å²) in [7, 11) is -3.55. The van der Waals surface area contributed by atoms with Crippen LogP contribution in [0, 0.1) is 0 Å². The van der Waals surface area contributed by atoms with Crippen molar-refractivity contribution in [1.82, 2.24) is 15.3 Å². The summed E-state index contributed by atoms with van der Waals surface area (Å²) in [5.74, 6) is 0. The van der Waals surface area contributed by atoms with E-state index in [1.807, 2.05) is 6.07 Å². The monoisotopic (exact) mass is 347 g/mol. The Morgan fingerprint density at radius 3 is 2.48 bits per heavy atom. The van der Waals surface area contributed by atoms with E-state index in [0.717, 1.165) is 13.0 Å². The van der Waals surface area contributed by atoms with Gasteiger partial charge in [0, 0.05) is 6.54 Å². The van der Waals surface area contributed by atoms with E-state index < -0.39 is 15.1 Å². The highest BCUT2D eigenvalue weighted by atomic mass is 35.5. The lowest BCUT2D eigenvalue weighted by Crippen LogP contribution is -2.39. The van der Waals surface area contributed by atoms with Crippen molar-refractivity contribution in [2.24, 2.45) is 0 Å². The first kappa shape index (κ1) is 16.4. The average molecular weight is 348 g/mol. The van der Waals surface area contributed by atoms with Gasteiger partial charge in [-0.1, -0.05) is 23.7 Å². The van der Waals surface area contributed by atoms with E-state index >= 15 is 0 Å². The van der Waals surface area contributed by atoms with Crippen molar-refractivity contribution < 1.29 is 8.42 Å². The fourth-order valence-corrected chi connectivity index (χ4v) is 4.48. The molecule has 0 aliphatic carbocycles. The lowest BCUT2D eigenvalue weighted by Gasteiger charge is -2.22. The number of para-hydroxylation sites is 2. The van der Waals surface area contributed by atoms with Gasteiger partial charge in [-0.25, -0.2) is 18.4 Å². The predicted molar refractivity (Wildman–Crippen MR) is 84.9 cm³/mol. The highest BCUT2D eigenvalue weighted by Gasteiger charge is 2.32. The third kappa shape index (κ3) is 3.13. The van der Waals surface area contributed by atoms with Crippen molar-refractivity contribution >= 4 is 44.9 Å². The maximum atomic E-state index is 12.6. The molecule has 1 fully saturated rings. The van der Waals surface area contributed by atoms with E-state index in [2.05, 4.69) is 15.3 Å². The van der Waals surface area contributed by atoms with Gasteiger partial charge in [-0.05, 0) is 31.5 Å². The van der Waals surface area contributed by atoms with Crippen LogP contribution in [0.4, 0.5) is 0 Å². The first-order chi connectivity index (χ1) is 9.59. The van der Waals surface area contributed by atoms with Gasteiger partial charge in [0.25, 0.3) is 0 Å². The highest BCUT2D eigenvalue weighted by Crippen LogP contribution is 2.26. The number of piperidine rings is 1. The van der Waals surface area contributed by atoms with Gasteiger partial charge in [0.2, 0.25) is 9.84 Å². The Morgan fingerprint density at radius 1 is 1.19 bits per heavy atom. The molecule has 3 rings (SSSR count). The molecule has 0 amide bonds. The normalized spacial score (nSPS) is 19.2. The zero-order valence-electron chi connectivity index (χ0n) is 11.1. The van der Waals surface area contributed by atoms with Crippen LogP contribution < -0.4 is 5.32 Å². The molecule has 1 aliphatic heterocycles. The Labute approximate surface area is 134 Å². The molecular weight excluding hydrogens is 333 g/mol. The SMILES string of the molecule is Cl.O=S(=O)(c1nc2ccccc2nc1Cl)C1CCCNC1. The van der Waals surface area contributed by atoms with Crippen LogP contribution in [0.25, 0.3) is 11.0 Å². The van der Waals surface area contributed by atoms with Gasteiger partial charge in [0.15, 0.2) is 10.2 Å². The Bertz CT molecular complexity index is 746. The van der Waals surface area contributed by atoms with Crippen LogP contribution in [0.15, 0.2) is 29.3 Å². The van der Waals surface area contributed by atoms with Gasteiger partial charge in [-0.3, -0.25) is 0 Å². The Balaban J connectivity index is 0.00000161. The van der Waals surface area contributed by atoms with E-state index in [9.17, 15) is 8.42 Å². The number of sulfone groups is 1. The molecule has 1 N–H and O–H groups in total. The molecule has 8 heteroatoms. The number of nitrogens with zero attached hydrogens (tertiary/aromatic N) is 2. The summed E-state index contributed by atoms with van der Waals surface area (Å²) in [6, 6.07) is 7.10.